The van der Waals surface area contributed by atoms with Gasteiger partial charge in [-0.1, -0.05) is 33.3 Å². The Labute approximate surface area is 165 Å². The Bertz CT molecular complexity index is 618. The largest absolute Gasteiger partial charge is 0.454 e. The summed E-state index contributed by atoms with van der Waals surface area (Å²) in [5.41, 5.74) is 1.71. The third-order valence-corrected chi connectivity index (χ3v) is 6.43. The smallest absolute Gasteiger partial charge is 0.231 e. The topological polar surface area (TPSA) is 39.7 Å². The second kappa shape index (κ2) is 8.83. The van der Waals surface area contributed by atoms with Crippen molar-refractivity contribution in [1.82, 2.24) is 5.32 Å². The summed E-state index contributed by atoms with van der Waals surface area (Å²) in [6.07, 6.45) is 7.33. The molecule has 0 aromatic heterocycles. The predicted octanol–water partition coefficient (Wildman–Crippen LogP) is 5.30. The molecule has 2 aliphatic heterocycles. The van der Waals surface area contributed by atoms with Crippen LogP contribution >= 0.6 is 0 Å². The van der Waals surface area contributed by atoms with E-state index in [1.54, 1.807) is 0 Å². The van der Waals surface area contributed by atoms with Crippen molar-refractivity contribution in [1.29, 1.82) is 0 Å². The summed E-state index contributed by atoms with van der Waals surface area (Å²) in [6.45, 7) is 12.4. The molecule has 2 heterocycles. The van der Waals surface area contributed by atoms with E-state index >= 15 is 0 Å². The van der Waals surface area contributed by atoms with E-state index in [2.05, 4.69) is 45.1 Å². The van der Waals surface area contributed by atoms with Crippen molar-refractivity contribution in [2.24, 2.45) is 11.3 Å². The van der Waals surface area contributed by atoms with E-state index in [0.717, 1.165) is 43.5 Å². The molecule has 4 heteroatoms. The fourth-order valence-electron chi connectivity index (χ4n) is 4.46. The first-order valence-corrected chi connectivity index (χ1v) is 10.7. The van der Waals surface area contributed by atoms with E-state index in [1.807, 2.05) is 6.07 Å². The van der Waals surface area contributed by atoms with Crippen LogP contribution in [0.3, 0.4) is 0 Å². The first-order valence-electron chi connectivity index (χ1n) is 10.7. The number of hydrogen-bond donors (Lipinski definition) is 1. The third-order valence-electron chi connectivity index (χ3n) is 6.43. The van der Waals surface area contributed by atoms with Crippen LogP contribution in [0.1, 0.15) is 71.8 Å². The van der Waals surface area contributed by atoms with Crippen LogP contribution in [0.4, 0.5) is 0 Å². The van der Waals surface area contributed by atoms with Gasteiger partial charge in [0.15, 0.2) is 11.5 Å². The zero-order chi connectivity index (χ0) is 19.3. The highest BCUT2D eigenvalue weighted by atomic mass is 16.7. The van der Waals surface area contributed by atoms with E-state index in [0.29, 0.717) is 12.2 Å². The van der Waals surface area contributed by atoms with E-state index in [9.17, 15) is 0 Å². The van der Waals surface area contributed by atoms with Gasteiger partial charge < -0.3 is 19.5 Å². The summed E-state index contributed by atoms with van der Waals surface area (Å²) >= 11 is 0. The first-order chi connectivity index (χ1) is 12.9. The molecule has 1 saturated heterocycles. The van der Waals surface area contributed by atoms with Crippen molar-refractivity contribution in [2.45, 2.75) is 78.4 Å². The average molecular weight is 376 g/mol. The lowest BCUT2D eigenvalue weighted by molar-refractivity contribution is -0.122. The Morgan fingerprint density at radius 3 is 2.74 bits per heavy atom. The molecule has 2 atom stereocenters. The van der Waals surface area contributed by atoms with Gasteiger partial charge in [0.2, 0.25) is 6.79 Å². The Hall–Kier alpha value is -1.26. The summed E-state index contributed by atoms with van der Waals surface area (Å²) < 4.78 is 17.0. The lowest BCUT2D eigenvalue weighted by Crippen LogP contribution is -2.44. The van der Waals surface area contributed by atoms with Crippen molar-refractivity contribution in [2.75, 3.05) is 19.9 Å². The summed E-state index contributed by atoms with van der Waals surface area (Å²) in [5.74, 6) is 2.48. The molecule has 0 aliphatic carbocycles. The fraction of sp³-hybridized carbons (Fsp3) is 0.739. The van der Waals surface area contributed by atoms with Crippen LogP contribution in [-0.4, -0.2) is 25.5 Å². The monoisotopic (exact) mass is 375 g/mol. The van der Waals surface area contributed by atoms with Crippen LogP contribution in [0.15, 0.2) is 18.2 Å². The minimum atomic E-state index is 0.0482. The Morgan fingerprint density at radius 1 is 1.15 bits per heavy atom. The quantitative estimate of drug-likeness (QED) is 0.595. The Kier molecular flexibility index (Phi) is 6.69. The lowest BCUT2D eigenvalue weighted by Gasteiger charge is -2.47. The van der Waals surface area contributed by atoms with Gasteiger partial charge in [0.25, 0.3) is 0 Å². The van der Waals surface area contributed by atoms with Crippen molar-refractivity contribution in [3.8, 4) is 11.5 Å². The van der Waals surface area contributed by atoms with Crippen molar-refractivity contribution >= 4 is 0 Å². The molecule has 0 spiro atoms. The van der Waals surface area contributed by atoms with E-state index in [1.165, 1.54) is 37.7 Å². The standard InChI is InChI=1S/C23H37NO3/c1-5-22(4)16-23(11-13-27-22,9-8-18(2)3)10-12-24-15-19-6-7-20-21(14-19)26-17-25-20/h6-7,14,18,24H,5,8-13,15-17H2,1-4H3/t22-,23+/m0/s1. The molecule has 0 amide bonds. The van der Waals surface area contributed by atoms with Crippen LogP contribution < -0.4 is 14.8 Å². The number of benzene rings is 1. The maximum absolute atomic E-state index is 6.15. The molecule has 4 nitrogen and oxygen atoms in total. The molecule has 1 fully saturated rings. The zero-order valence-electron chi connectivity index (χ0n) is 17.6. The van der Waals surface area contributed by atoms with Gasteiger partial charge in [-0.05, 0) is 74.6 Å². The highest BCUT2D eigenvalue weighted by molar-refractivity contribution is 5.44. The SMILES string of the molecule is CC[C@@]1(C)C[C@@](CCNCc2ccc3c(c2)OCO3)(CCC(C)C)CCO1. The summed E-state index contributed by atoms with van der Waals surface area (Å²) in [7, 11) is 0. The van der Waals surface area contributed by atoms with Crippen molar-refractivity contribution < 1.29 is 14.2 Å². The van der Waals surface area contributed by atoms with E-state index in [-0.39, 0.29) is 5.60 Å². The first kappa shape index (κ1) is 20.5. The molecule has 152 valence electrons. The number of ether oxygens (including phenoxy) is 3. The normalized spacial score (nSPS) is 27.3. The van der Waals surface area contributed by atoms with Gasteiger partial charge in [-0.3, -0.25) is 0 Å². The molecule has 0 bridgehead atoms. The molecule has 0 unspecified atom stereocenters. The third kappa shape index (κ3) is 5.39. The number of fused-ring (bicyclic) bond motifs is 1. The van der Waals surface area contributed by atoms with Crippen LogP contribution in [0.25, 0.3) is 0 Å². The van der Waals surface area contributed by atoms with Gasteiger partial charge in [-0.15, -0.1) is 0 Å². The second-order valence-electron chi connectivity index (χ2n) is 9.13. The molecule has 1 aromatic carbocycles. The summed E-state index contributed by atoms with van der Waals surface area (Å²) in [5, 5.41) is 3.66. The number of nitrogens with one attached hydrogen (secondary N) is 1. The molecule has 2 aliphatic rings. The van der Waals surface area contributed by atoms with Gasteiger partial charge in [-0.25, -0.2) is 0 Å². The molecular formula is C23H37NO3. The molecular weight excluding hydrogens is 338 g/mol. The van der Waals surface area contributed by atoms with Crippen LogP contribution in [0, 0.1) is 11.3 Å². The van der Waals surface area contributed by atoms with Crippen molar-refractivity contribution in [3.05, 3.63) is 23.8 Å². The minimum Gasteiger partial charge on any atom is -0.454 e. The van der Waals surface area contributed by atoms with Crippen LogP contribution in [0.2, 0.25) is 0 Å². The molecule has 3 rings (SSSR count). The number of rotatable bonds is 9. The molecule has 1 N–H and O–H groups in total. The fourth-order valence-corrected chi connectivity index (χ4v) is 4.46. The zero-order valence-corrected chi connectivity index (χ0v) is 17.6. The van der Waals surface area contributed by atoms with Crippen LogP contribution in [0.5, 0.6) is 11.5 Å². The van der Waals surface area contributed by atoms with Gasteiger partial charge in [0, 0.05) is 13.2 Å². The minimum absolute atomic E-state index is 0.0482. The van der Waals surface area contributed by atoms with Gasteiger partial charge >= 0.3 is 0 Å². The Morgan fingerprint density at radius 2 is 1.96 bits per heavy atom. The molecule has 1 aromatic rings. The maximum Gasteiger partial charge on any atom is 0.231 e. The van der Waals surface area contributed by atoms with Gasteiger partial charge in [0.1, 0.15) is 0 Å². The predicted molar refractivity (Wildman–Crippen MR) is 109 cm³/mol. The second-order valence-corrected chi connectivity index (χ2v) is 9.13. The van der Waals surface area contributed by atoms with Crippen LogP contribution in [-0.2, 0) is 11.3 Å². The summed E-state index contributed by atoms with van der Waals surface area (Å²) in [6, 6.07) is 6.22. The number of hydrogen-bond acceptors (Lipinski definition) is 4. The molecule has 0 saturated carbocycles. The molecule has 27 heavy (non-hydrogen) atoms. The summed E-state index contributed by atoms with van der Waals surface area (Å²) in [4.78, 5) is 0. The Balaban J connectivity index is 1.54. The lowest BCUT2D eigenvalue weighted by atomic mass is 9.67. The van der Waals surface area contributed by atoms with Gasteiger partial charge in [-0.2, -0.15) is 0 Å². The van der Waals surface area contributed by atoms with Gasteiger partial charge in [0.05, 0.1) is 5.60 Å². The maximum atomic E-state index is 6.15. The van der Waals surface area contributed by atoms with E-state index in [4.69, 9.17) is 14.2 Å². The van der Waals surface area contributed by atoms with E-state index < -0.39 is 0 Å². The molecule has 0 radical (unpaired) electrons. The highest BCUT2D eigenvalue weighted by Crippen LogP contribution is 2.46. The van der Waals surface area contributed by atoms with Crippen molar-refractivity contribution in [3.63, 3.8) is 0 Å². The highest BCUT2D eigenvalue weighted by Gasteiger charge is 2.41. The average Bonchev–Trinajstić information content (AvgIpc) is 3.12.